The van der Waals surface area contributed by atoms with Crippen LogP contribution in [-0.2, 0) is 0 Å². The van der Waals surface area contributed by atoms with Crippen LogP contribution in [0.1, 0.15) is 10.6 Å². The minimum atomic E-state index is -0.454. The molecule has 106 valence electrons. The van der Waals surface area contributed by atoms with Crippen molar-refractivity contribution < 1.29 is 13.6 Å². The number of carbonyl (C=O) groups is 1. The Labute approximate surface area is 133 Å². The molecular formula is C16H10BrFO2S. The van der Waals surface area contributed by atoms with Crippen LogP contribution in [0.5, 0.6) is 0 Å². The third kappa shape index (κ3) is 3.04. The largest absolute Gasteiger partial charge is 0.450 e. The second-order valence-corrected chi connectivity index (χ2v) is 6.28. The van der Waals surface area contributed by atoms with Gasteiger partial charge in [0.25, 0.3) is 0 Å². The zero-order chi connectivity index (χ0) is 14.8. The molecule has 1 heterocycles. The molecule has 0 fully saturated rings. The van der Waals surface area contributed by atoms with Crippen LogP contribution in [0.4, 0.5) is 4.39 Å². The summed E-state index contributed by atoms with van der Waals surface area (Å²) in [6.07, 6.45) is 0. The van der Waals surface area contributed by atoms with Crippen molar-refractivity contribution >= 4 is 44.4 Å². The van der Waals surface area contributed by atoms with E-state index in [2.05, 4.69) is 15.9 Å². The fourth-order valence-electron chi connectivity index (χ4n) is 1.94. The van der Waals surface area contributed by atoms with Crippen LogP contribution in [-0.4, -0.2) is 11.5 Å². The van der Waals surface area contributed by atoms with Crippen molar-refractivity contribution in [1.29, 1.82) is 0 Å². The summed E-state index contributed by atoms with van der Waals surface area (Å²) in [6.45, 7) is 0. The number of hydrogen-bond donors (Lipinski definition) is 0. The van der Waals surface area contributed by atoms with Gasteiger partial charge in [0.15, 0.2) is 17.2 Å². The number of fused-ring (bicyclic) bond motifs is 1. The molecule has 3 aromatic rings. The normalized spacial score (nSPS) is 11.0. The number of benzene rings is 2. The molecule has 0 radical (unpaired) electrons. The van der Waals surface area contributed by atoms with Gasteiger partial charge in [-0.15, -0.1) is 11.8 Å². The quantitative estimate of drug-likeness (QED) is 0.464. The zero-order valence-corrected chi connectivity index (χ0v) is 13.2. The Bertz CT molecular complexity index is 813. The van der Waals surface area contributed by atoms with Gasteiger partial charge in [-0.2, -0.15) is 0 Å². The summed E-state index contributed by atoms with van der Waals surface area (Å²) in [5.74, 6) is -0.185. The maximum atomic E-state index is 13.6. The van der Waals surface area contributed by atoms with Gasteiger partial charge >= 0.3 is 0 Å². The monoisotopic (exact) mass is 364 g/mol. The lowest BCUT2D eigenvalue weighted by Gasteiger charge is -2.02. The molecule has 0 saturated carbocycles. The predicted molar refractivity (Wildman–Crippen MR) is 85.4 cm³/mol. The highest BCUT2D eigenvalue weighted by atomic mass is 79.9. The van der Waals surface area contributed by atoms with Crippen LogP contribution in [0.3, 0.4) is 0 Å². The molecule has 0 unspecified atom stereocenters. The molecule has 21 heavy (non-hydrogen) atoms. The molecular weight excluding hydrogens is 355 g/mol. The Kier molecular flexibility index (Phi) is 4.12. The Morgan fingerprint density at radius 2 is 2.00 bits per heavy atom. The Morgan fingerprint density at radius 3 is 2.76 bits per heavy atom. The van der Waals surface area contributed by atoms with Crippen LogP contribution in [0.15, 0.2) is 62.3 Å². The molecule has 0 atom stereocenters. The van der Waals surface area contributed by atoms with Crippen LogP contribution >= 0.6 is 27.7 Å². The number of para-hydroxylation sites is 1. The smallest absolute Gasteiger partial charge is 0.208 e. The van der Waals surface area contributed by atoms with Gasteiger partial charge in [0.2, 0.25) is 5.78 Å². The van der Waals surface area contributed by atoms with E-state index in [4.69, 9.17) is 4.42 Å². The fraction of sp³-hybridized carbons (Fsp3) is 0.0625. The van der Waals surface area contributed by atoms with Crippen molar-refractivity contribution in [3.63, 3.8) is 0 Å². The van der Waals surface area contributed by atoms with E-state index in [1.807, 2.05) is 24.3 Å². The number of ketones is 1. The topological polar surface area (TPSA) is 30.2 Å². The lowest BCUT2D eigenvalue weighted by Crippen LogP contribution is -2.00. The fourth-order valence-corrected chi connectivity index (χ4v) is 3.38. The minimum Gasteiger partial charge on any atom is -0.450 e. The molecule has 5 heteroatoms. The highest BCUT2D eigenvalue weighted by molar-refractivity contribution is 9.10. The summed E-state index contributed by atoms with van der Waals surface area (Å²) in [4.78, 5) is 13.1. The Balaban J connectivity index is 1.78. The summed E-state index contributed by atoms with van der Waals surface area (Å²) < 4.78 is 19.8. The average Bonchev–Trinajstić information content (AvgIpc) is 2.92. The van der Waals surface area contributed by atoms with E-state index in [1.54, 1.807) is 18.2 Å². The number of halogens is 2. The first-order valence-electron chi connectivity index (χ1n) is 6.24. The van der Waals surface area contributed by atoms with Gasteiger partial charge in [-0.1, -0.05) is 24.3 Å². The predicted octanol–water partition coefficient (Wildman–Crippen LogP) is 5.31. The summed E-state index contributed by atoms with van der Waals surface area (Å²) in [6, 6.07) is 13.9. The molecule has 0 aliphatic rings. The van der Waals surface area contributed by atoms with Gasteiger partial charge in [0.05, 0.1) is 5.75 Å². The van der Waals surface area contributed by atoms with Crippen molar-refractivity contribution in [3.05, 3.63) is 64.6 Å². The minimum absolute atomic E-state index is 0.131. The summed E-state index contributed by atoms with van der Waals surface area (Å²) in [7, 11) is 0. The SMILES string of the molecule is O=C(CSc1ccccc1Br)c1cc2cccc(F)c2o1. The molecule has 0 aliphatic carbocycles. The van der Waals surface area contributed by atoms with Gasteiger partial charge in [-0.25, -0.2) is 4.39 Å². The van der Waals surface area contributed by atoms with Crippen molar-refractivity contribution in [2.75, 3.05) is 5.75 Å². The Hall–Kier alpha value is -1.59. The van der Waals surface area contributed by atoms with Gasteiger partial charge in [0.1, 0.15) is 0 Å². The number of rotatable bonds is 4. The van der Waals surface area contributed by atoms with E-state index in [-0.39, 0.29) is 22.9 Å². The molecule has 0 aliphatic heterocycles. The van der Waals surface area contributed by atoms with E-state index in [0.29, 0.717) is 5.39 Å². The van der Waals surface area contributed by atoms with Crippen LogP contribution in [0.2, 0.25) is 0 Å². The standard InChI is InChI=1S/C16H10BrFO2S/c17-11-5-1-2-7-15(11)21-9-13(19)14-8-10-4-3-6-12(18)16(10)20-14/h1-8H,9H2. The zero-order valence-electron chi connectivity index (χ0n) is 10.8. The highest BCUT2D eigenvalue weighted by Gasteiger charge is 2.15. The first kappa shape index (κ1) is 14.4. The van der Waals surface area contributed by atoms with Crippen molar-refractivity contribution in [2.24, 2.45) is 0 Å². The van der Waals surface area contributed by atoms with Gasteiger partial charge in [-0.3, -0.25) is 4.79 Å². The number of furan rings is 1. The van der Waals surface area contributed by atoms with Crippen LogP contribution in [0.25, 0.3) is 11.0 Å². The number of Topliss-reactive ketones (excluding diaryl/α,β-unsaturated/α-hetero) is 1. The summed E-state index contributed by atoms with van der Waals surface area (Å²) in [5.41, 5.74) is 0.131. The van der Waals surface area contributed by atoms with E-state index in [1.165, 1.54) is 17.8 Å². The lowest BCUT2D eigenvalue weighted by atomic mass is 10.2. The molecule has 0 saturated heterocycles. The molecule has 0 spiro atoms. The first-order chi connectivity index (χ1) is 10.1. The second-order valence-electron chi connectivity index (χ2n) is 4.41. The molecule has 2 aromatic carbocycles. The second kappa shape index (κ2) is 6.03. The van der Waals surface area contributed by atoms with E-state index in [9.17, 15) is 9.18 Å². The Morgan fingerprint density at radius 1 is 1.19 bits per heavy atom. The first-order valence-corrected chi connectivity index (χ1v) is 8.01. The molecule has 0 bridgehead atoms. The molecule has 0 amide bonds. The maximum absolute atomic E-state index is 13.6. The lowest BCUT2D eigenvalue weighted by molar-refractivity contribution is 0.0994. The van der Waals surface area contributed by atoms with Gasteiger partial charge in [0, 0.05) is 14.8 Å². The molecule has 1 aromatic heterocycles. The van der Waals surface area contributed by atoms with Crippen molar-refractivity contribution in [1.82, 2.24) is 0 Å². The van der Waals surface area contributed by atoms with Gasteiger partial charge < -0.3 is 4.42 Å². The molecule has 2 nitrogen and oxygen atoms in total. The summed E-state index contributed by atoms with van der Waals surface area (Å²) in [5, 5.41) is 0.601. The summed E-state index contributed by atoms with van der Waals surface area (Å²) >= 11 is 4.85. The number of hydrogen-bond acceptors (Lipinski definition) is 3. The van der Waals surface area contributed by atoms with Crippen LogP contribution < -0.4 is 0 Å². The third-order valence-corrected chi connectivity index (χ3v) is 4.99. The number of carbonyl (C=O) groups excluding carboxylic acids is 1. The molecule has 0 N–H and O–H groups in total. The highest BCUT2D eigenvalue weighted by Crippen LogP contribution is 2.28. The average molecular weight is 365 g/mol. The van der Waals surface area contributed by atoms with E-state index >= 15 is 0 Å². The number of thioether (sulfide) groups is 1. The third-order valence-electron chi connectivity index (χ3n) is 2.97. The van der Waals surface area contributed by atoms with E-state index < -0.39 is 5.82 Å². The van der Waals surface area contributed by atoms with Crippen molar-refractivity contribution in [2.45, 2.75) is 4.90 Å². The maximum Gasteiger partial charge on any atom is 0.208 e. The van der Waals surface area contributed by atoms with E-state index in [0.717, 1.165) is 9.37 Å². The molecule has 3 rings (SSSR count). The van der Waals surface area contributed by atoms with Crippen LogP contribution in [0, 0.1) is 5.82 Å². The van der Waals surface area contributed by atoms with Gasteiger partial charge in [-0.05, 0) is 40.2 Å². The van der Waals surface area contributed by atoms with Crippen molar-refractivity contribution in [3.8, 4) is 0 Å².